The summed E-state index contributed by atoms with van der Waals surface area (Å²) in [6.45, 7) is 3.42. The number of piperidine rings is 1. The summed E-state index contributed by atoms with van der Waals surface area (Å²) in [5.74, 6) is 0.453. The molecule has 4 nitrogen and oxygen atoms in total. The first-order chi connectivity index (χ1) is 10.9. The molecule has 1 aromatic carbocycles. The van der Waals surface area contributed by atoms with E-state index in [2.05, 4.69) is 4.90 Å². The van der Waals surface area contributed by atoms with Crippen LogP contribution in [0.1, 0.15) is 26.2 Å². The standard InChI is InChI=1S/C17H24Cl2N2O2/c1-12(23-15-9-6-8-14(18)16(15)19)17(22)21-10-5-4-7-13(21)11-20(2)3/h6,8-9,12-13H,4-5,7,10-11H2,1-3H3. The predicted molar refractivity (Wildman–Crippen MR) is 94.5 cm³/mol. The van der Waals surface area contributed by atoms with Crippen molar-refractivity contribution in [3.05, 3.63) is 28.2 Å². The van der Waals surface area contributed by atoms with Crippen molar-refractivity contribution in [2.24, 2.45) is 0 Å². The van der Waals surface area contributed by atoms with Gasteiger partial charge in [0.15, 0.2) is 6.10 Å². The van der Waals surface area contributed by atoms with Crippen LogP contribution >= 0.6 is 23.2 Å². The number of amides is 1. The molecule has 1 aliphatic heterocycles. The number of ether oxygens (including phenoxy) is 1. The maximum Gasteiger partial charge on any atom is 0.263 e. The van der Waals surface area contributed by atoms with Gasteiger partial charge in [0, 0.05) is 19.1 Å². The number of carbonyl (C=O) groups is 1. The molecule has 1 saturated heterocycles. The Morgan fingerprint density at radius 2 is 2.13 bits per heavy atom. The smallest absolute Gasteiger partial charge is 0.263 e. The van der Waals surface area contributed by atoms with Gasteiger partial charge in [-0.3, -0.25) is 4.79 Å². The Morgan fingerprint density at radius 1 is 1.39 bits per heavy atom. The highest BCUT2D eigenvalue weighted by atomic mass is 35.5. The minimum atomic E-state index is -0.589. The van der Waals surface area contributed by atoms with E-state index in [-0.39, 0.29) is 11.9 Å². The highest BCUT2D eigenvalue weighted by molar-refractivity contribution is 6.42. The van der Waals surface area contributed by atoms with Gasteiger partial charge in [0.05, 0.1) is 5.02 Å². The number of hydrogen-bond donors (Lipinski definition) is 0. The van der Waals surface area contributed by atoms with Gasteiger partial charge in [-0.2, -0.15) is 0 Å². The summed E-state index contributed by atoms with van der Waals surface area (Å²) in [7, 11) is 4.06. The number of likely N-dealkylation sites (N-methyl/N-ethyl adjacent to an activating group) is 1. The van der Waals surface area contributed by atoms with Gasteiger partial charge in [0.2, 0.25) is 0 Å². The molecule has 2 atom stereocenters. The van der Waals surface area contributed by atoms with Crippen LogP contribution in [0.2, 0.25) is 10.0 Å². The van der Waals surface area contributed by atoms with Crippen LogP contribution < -0.4 is 4.74 Å². The Kier molecular flexibility index (Phi) is 6.57. The van der Waals surface area contributed by atoms with Crippen LogP contribution in [0.15, 0.2) is 18.2 Å². The molecule has 0 aliphatic carbocycles. The van der Waals surface area contributed by atoms with Gasteiger partial charge in [0.25, 0.3) is 5.91 Å². The van der Waals surface area contributed by atoms with E-state index < -0.39 is 6.10 Å². The zero-order valence-corrected chi connectivity index (χ0v) is 15.4. The third-order valence-electron chi connectivity index (χ3n) is 4.05. The second kappa shape index (κ2) is 8.22. The van der Waals surface area contributed by atoms with Gasteiger partial charge >= 0.3 is 0 Å². The van der Waals surface area contributed by atoms with E-state index in [1.54, 1.807) is 25.1 Å². The molecule has 1 heterocycles. The lowest BCUT2D eigenvalue weighted by Gasteiger charge is -2.38. The number of likely N-dealkylation sites (tertiary alicyclic amines) is 1. The lowest BCUT2D eigenvalue weighted by molar-refractivity contribution is -0.142. The van der Waals surface area contributed by atoms with Gasteiger partial charge < -0.3 is 14.5 Å². The third kappa shape index (κ3) is 4.75. The molecule has 23 heavy (non-hydrogen) atoms. The van der Waals surface area contributed by atoms with Crippen molar-refractivity contribution in [2.45, 2.75) is 38.3 Å². The number of nitrogens with zero attached hydrogens (tertiary/aromatic N) is 2. The fraction of sp³-hybridized carbons (Fsp3) is 0.588. The minimum absolute atomic E-state index is 0.00703. The average Bonchev–Trinajstić information content (AvgIpc) is 2.51. The number of hydrogen-bond acceptors (Lipinski definition) is 3. The second-order valence-corrected chi connectivity index (χ2v) is 7.04. The van der Waals surface area contributed by atoms with Crippen molar-refractivity contribution in [3.63, 3.8) is 0 Å². The summed E-state index contributed by atoms with van der Waals surface area (Å²) in [5.41, 5.74) is 0. The first-order valence-electron chi connectivity index (χ1n) is 7.96. The summed E-state index contributed by atoms with van der Waals surface area (Å²) in [6.07, 6.45) is 2.65. The van der Waals surface area contributed by atoms with E-state index in [9.17, 15) is 4.79 Å². The van der Waals surface area contributed by atoms with E-state index >= 15 is 0 Å². The number of benzene rings is 1. The lowest BCUT2D eigenvalue weighted by atomic mass is 10.0. The molecule has 0 aromatic heterocycles. The van der Waals surface area contributed by atoms with Crippen LogP contribution in [-0.2, 0) is 4.79 Å². The Morgan fingerprint density at radius 3 is 2.83 bits per heavy atom. The lowest BCUT2D eigenvalue weighted by Crippen LogP contribution is -2.52. The minimum Gasteiger partial charge on any atom is -0.479 e. The molecule has 6 heteroatoms. The Balaban J connectivity index is 2.06. The molecular weight excluding hydrogens is 335 g/mol. The number of halogens is 2. The van der Waals surface area contributed by atoms with Gasteiger partial charge in [-0.05, 0) is 52.4 Å². The summed E-state index contributed by atoms with van der Waals surface area (Å²) < 4.78 is 5.77. The fourth-order valence-corrected chi connectivity index (χ4v) is 3.29. The first-order valence-corrected chi connectivity index (χ1v) is 8.71. The number of carbonyl (C=O) groups excluding carboxylic acids is 1. The van der Waals surface area contributed by atoms with Crippen LogP contribution in [-0.4, -0.2) is 55.0 Å². The van der Waals surface area contributed by atoms with Crippen LogP contribution in [0, 0.1) is 0 Å². The molecule has 128 valence electrons. The molecule has 1 aliphatic rings. The predicted octanol–water partition coefficient (Wildman–Crippen LogP) is 3.70. The quantitative estimate of drug-likeness (QED) is 0.804. The third-order valence-corrected chi connectivity index (χ3v) is 4.86. The van der Waals surface area contributed by atoms with Crippen molar-refractivity contribution >= 4 is 29.1 Å². The van der Waals surface area contributed by atoms with E-state index in [1.807, 2.05) is 19.0 Å². The van der Waals surface area contributed by atoms with E-state index in [0.717, 1.165) is 32.4 Å². The molecule has 1 aromatic rings. The molecular formula is C17H24Cl2N2O2. The average molecular weight is 359 g/mol. The second-order valence-electron chi connectivity index (χ2n) is 6.26. The zero-order chi connectivity index (χ0) is 17.0. The van der Waals surface area contributed by atoms with Crippen LogP contribution in [0.25, 0.3) is 0 Å². The Bertz CT molecular complexity index is 551. The van der Waals surface area contributed by atoms with Crippen LogP contribution in [0.5, 0.6) is 5.75 Å². The summed E-state index contributed by atoms with van der Waals surface area (Å²) in [5, 5.41) is 0.768. The monoisotopic (exact) mass is 358 g/mol. The summed E-state index contributed by atoms with van der Waals surface area (Å²) >= 11 is 12.1. The molecule has 1 fully saturated rings. The maximum atomic E-state index is 12.8. The van der Waals surface area contributed by atoms with E-state index in [4.69, 9.17) is 27.9 Å². The van der Waals surface area contributed by atoms with Crippen molar-refractivity contribution in [1.29, 1.82) is 0 Å². The molecule has 1 amide bonds. The summed E-state index contributed by atoms with van der Waals surface area (Å²) in [6, 6.07) is 5.43. The van der Waals surface area contributed by atoms with E-state index in [0.29, 0.717) is 15.8 Å². The summed E-state index contributed by atoms with van der Waals surface area (Å²) in [4.78, 5) is 16.9. The number of rotatable bonds is 5. The molecule has 0 bridgehead atoms. The Labute approximate surface area is 148 Å². The van der Waals surface area contributed by atoms with Crippen LogP contribution in [0.4, 0.5) is 0 Å². The highest BCUT2D eigenvalue weighted by Gasteiger charge is 2.31. The SMILES string of the molecule is CC(Oc1cccc(Cl)c1Cl)C(=O)N1CCCCC1CN(C)C. The molecule has 0 saturated carbocycles. The van der Waals surface area contributed by atoms with Gasteiger partial charge in [-0.25, -0.2) is 0 Å². The highest BCUT2D eigenvalue weighted by Crippen LogP contribution is 2.32. The molecule has 0 N–H and O–H groups in total. The first kappa shape index (κ1) is 18.4. The van der Waals surface area contributed by atoms with Gasteiger partial charge in [0.1, 0.15) is 10.8 Å². The molecule has 0 radical (unpaired) electrons. The van der Waals surface area contributed by atoms with Crippen LogP contribution in [0.3, 0.4) is 0 Å². The van der Waals surface area contributed by atoms with Gasteiger partial charge in [-0.1, -0.05) is 29.3 Å². The van der Waals surface area contributed by atoms with Crippen molar-refractivity contribution < 1.29 is 9.53 Å². The zero-order valence-electron chi connectivity index (χ0n) is 13.9. The molecule has 2 rings (SSSR count). The molecule has 2 unspecified atom stereocenters. The fourth-order valence-electron chi connectivity index (χ4n) is 2.95. The van der Waals surface area contributed by atoms with E-state index in [1.165, 1.54) is 0 Å². The van der Waals surface area contributed by atoms with Crippen molar-refractivity contribution in [1.82, 2.24) is 9.80 Å². The Hall–Kier alpha value is -0.970. The normalized spacial score (nSPS) is 19.7. The topological polar surface area (TPSA) is 32.8 Å². The van der Waals surface area contributed by atoms with Crippen molar-refractivity contribution in [2.75, 3.05) is 27.2 Å². The maximum absolute atomic E-state index is 12.8. The largest absolute Gasteiger partial charge is 0.479 e. The van der Waals surface area contributed by atoms with Gasteiger partial charge in [-0.15, -0.1) is 0 Å². The molecule has 0 spiro atoms. The van der Waals surface area contributed by atoms with Crippen molar-refractivity contribution in [3.8, 4) is 5.75 Å².